The Morgan fingerprint density at radius 1 is 1.43 bits per heavy atom. The molecule has 0 aliphatic heterocycles. The number of pyridine rings is 1. The normalized spacial score (nSPS) is 11.5. The summed E-state index contributed by atoms with van der Waals surface area (Å²) in [6.07, 6.45) is -3.54. The molecule has 2 heterocycles. The first-order valence-electron chi connectivity index (χ1n) is 5.66. The highest BCUT2D eigenvalue weighted by atomic mass is 35.5. The van der Waals surface area contributed by atoms with Crippen LogP contribution in [0.2, 0.25) is 5.15 Å². The van der Waals surface area contributed by atoms with Crippen molar-refractivity contribution in [2.75, 3.05) is 5.32 Å². The molecule has 1 N–H and O–H groups in total. The Kier molecular flexibility index (Phi) is 4.12. The summed E-state index contributed by atoms with van der Waals surface area (Å²) in [6.45, 7) is 1.60. The number of carbonyl (C=O) groups is 1. The molecule has 0 fully saturated rings. The molecule has 0 spiro atoms. The van der Waals surface area contributed by atoms with E-state index in [1.165, 1.54) is 19.2 Å². The number of hydrogen-bond donors (Lipinski definition) is 1. The molecule has 0 atom stereocenters. The van der Waals surface area contributed by atoms with Crippen LogP contribution >= 0.6 is 11.6 Å². The summed E-state index contributed by atoms with van der Waals surface area (Å²) in [5.41, 5.74) is 0.645. The number of aryl methyl sites for hydroxylation is 1. The van der Waals surface area contributed by atoms with Crippen molar-refractivity contribution < 1.29 is 18.0 Å². The van der Waals surface area contributed by atoms with Crippen LogP contribution in [0.4, 0.5) is 19.1 Å². The van der Waals surface area contributed by atoms with Gasteiger partial charge in [-0.1, -0.05) is 17.7 Å². The Balaban J connectivity index is 2.20. The highest BCUT2D eigenvalue weighted by molar-refractivity contribution is 6.29. The van der Waals surface area contributed by atoms with E-state index in [0.717, 1.165) is 4.68 Å². The molecular weight excluding hydrogens is 311 g/mol. The van der Waals surface area contributed by atoms with Crippen LogP contribution in [0, 0.1) is 6.92 Å². The van der Waals surface area contributed by atoms with Crippen molar-refractivity contribution in [1.82, 2.24) is 19.7 Å². The van der Waals surface area contributed by atoms with Crippen LogP contribution in [-0.4, -0.2) is 31.8 Å². The van der Waals surface area contributed by atoms with E-state index < -0.39 is 12.1 Å². The number of hydrogen-bond acceptors (Lipinski definition) is 4. The number of halogens is 4. The summed E-state index contributed by atoms with van der Waals surface area (Å²) in [6, 6.07) is 3.18. The minimum absolute atomic E-state index is 0.0957. The number of anilines is 1. The van der Waals surface area contributed by atoms with Gasteiger partial charge in [0.25, 0.3) is 0 Å². The summed E-state index contributed by atoms with van der Waals surface area (Å²) < 4.78 is 37.9. The van der Waals surface area contributed by atoms with Gasteiger partial charge in [-0.3, -0.25) is 10.1 Å². The van der Waals surface area contributed by atoms with E-state index in [0.29, 0.717) is 10.7 Å². The molecule has 2 aromatic rings. The lowest BCUT2D eigenvalue weighted by atomic mass is 10.3. The number of amides is 1. The summed E-state index contributed by atoms with van der Waals surface area (Å²) in [4.78, 5) is 18.5. The van der Waals surface area contributed by atoms with Crippen LogP contribution < -0.4 is 5.32 Å². The topological polar surface area (TPSA) is 72.7 Å². The molecule has 0 radical (unpaired) electrons. The highest BCUT2D eigenvalue weighted by Gasteiger charge is 2.39. The number of carbonyl (C=O) groups excluding carboxylic acids is 1. The smallest absolute Gasteiger partial charge is 0.287 e. The van der Waals surface area contributed by atoms with Crippen molar-refractivity contribution in [3.05, 3.63) is 34.9 Å². The molecule has 2 rings (SSSR count). The van der Waals surface area contributed by atoms with E-state index in [1.54, 1.807) is 11.4 Å². The quantitative estimate of drug-likeness (QED) is 0.880. The second kappa shape index (κ2) is 5.68. The van der Waals surface area contributed by atoms with Crippen molar-refractivity contribution in [3.8, 4) is 0 Å². The van der Waals surface area contributed by atoms with E-state index in [-0.39, 0.29) is 18.3 Å². The maximum absolute atomic E-state index is 12.3. The molecule has 2 aromatic heterocycles. The van der Waals surface area contributed by atoms with Gasteiger partial charge in [-0.05, 0) is 18.6 Å². The fourth-order valence-corrected chi connectivity index (χ4v) is 1.62. The van der Waals surface area contributed by atoms with Crippen molar-refractivity contribution in [2.24, 2.45) is 0 Å². The fraction of sp³-hybridized carbons (Fsp3) is 0.273. The molecule has 0 unspecified atom stereocenters. The Bertz CT molecular complexity index is 653. The SMILES string of the molecule is Cc1nc(NC(=O)C(F)(F)F)n(Cc2ccc(Cl)nc2)n1. The van der Waals surface area contributed by atoms with Gasteiger partial charge in [-0.25, -0.2) is 9.67 Å². The van der Waals surface area contributed by atoms with Gasteiger partial charge in [0.2, 0.25) is 5.95 Å². The van der Waals surface area contributed by atoms with Crippen LogP contribution in [-0.2, 0) is 11.3 Å². The Morgan fingerprint density at radius 3 is 2.71 bits per heavy atom. The third-order valence-corrected chi connectivity index (χ3v) is 2.60. The zero-order valence-electron chi connectivity index (χ0n) is 10.6. The maximum Gasteiger partial charge on any atom is 0.471 e. The van der Waals surface area contributed by atoms with E-state index >= 15 is 0 Å². The molecule has 1 amide bonds. The maximum atomic E-state index is 12.3. The lowest BCUT2D eigenvalue weighted by Crippen LogP contribution is -2.31. The molecule has 21 heavy (non-hydrogen) atoms. The Labute approximate surface area is 122 Å². The van der Waals surface area contributed by atoms with E-state index in [4.69, 9.17) is 11.6 Å². The van der Waals surface area contributed by atoms with Gasteiger partial charge in [0.1, 0.15) is 11.0 Å². The second-order valence-corrected chi connectivity index (χ2v) is 4.47. The first-order valence-corrected chi connectivity index (χ1v) is 6.03. The molecule has 0 bridgehead atoms. The zero-order valence-corrected chi connectivity index (χ0v) is 11.4. The van der Waals surface area contributed by atoms with Gasteiger partial charge >= 0.3 is 12.1 Å². The third-order valence-electron chi connectivity index (χ3n) is 2.38. The first-order chi connectivity index (χ1) is 9.75. The Hall–Kier alpha value is -2.16. The van der Waals surface area contributed by atoms with Crippen LogP contribution in [0.25, 0.3) is 0 Å². The average molecular weight is 320 g/mol. The third kappa shape index (κ3) is 3.91. The first kappa shape index (κ1) is 15.2. The van der Waals surface area contributed by atoms with E-state index in [2.05, 4.69) is 15.1 Å². The highest BCUT2D eigenvalue weighted by Crippen LogP contribution is 2.18. The van der Waals surface area contributed by atoms with Crippen molar-refractivity contribution in [2.45, 2.75) is 19.6 Å². The van der Waals surface area contributed by atoms with Crippen LogP contribution in [0.5, 0.6) is 0 Å². The summed E-state index contributed by atoms with van der Waals surface area (Å²) in [5, 5.41) is 5.90. The lowest BCUT2D eigenvalue weighted by Gasteiger charge is -2.09. The van der Waals surface area contributed by atoms with Gasteiger partial charge < -0.3 is 0 Å². The average Bonchev–Trinajstić information content (AvgIpc) is 2.71. The number of nitrogens with one attached hydrogen (secondary N) is 1. The van der Waals surface area contributed by atoms with Crippen molar-refractivity contribution in [1.29, 1.82) is 0 Å². The number of aromatic nitrogens is 4. The number of nitrogens with zero attached hydrogens (tertiary/aromatic N) is 4. The lowest BCUT2D eigenvalue weighted by molar-refractivity contribution is -0.167. The molecule has 6 nitrogen and oxygen atoms in total. The van der Waals surface area contributed by atoms with Crippen LogP contribution in [0.15, 0.2) is 18.3 Å². The fourth-order valence-electron chi connectivity index (χ4n) is 1.50. The summed E-state index contributed by atoms with van der Waals surface area (Å²) in [5.74, 6) is -2.16. The molecule has 112 valence electrons. The minimum atomic E-state index is -4.99. The molecule has 0 aromatic carbocycles. The van der Waals surface area contributed by atoms with Crippen molar-refractivity contribution >= 4 is 23.5 Å². The molecule has 0 aliphatic carbocycles. The Morgan fingerprint density at radius 2 is 2.14 bits per heavy atom. The van der Waals surface area contributed by atoms with Crippen LogP contribution in [0.3, 0.4) is 0 Å². The number of alkyl halides is 3. The standard InChI is InChI=1S/C11H9ClF3N5O/c1-6-17-10(18-9(21)11(13,14)15)20(19-6)5-7-2-3-8(12)16-4-7/h2-4H,5H2,1H3,(H,17,18,19,21). The van der Waals surface area contributed by atoms with Gasteiger partial charge in [0.15, 0.2) is 0 Å². The van der Waals surface area contributed by atoms with Gasteiger partial charge in [-0.2, -0.15) is 23.3 Å². The van der Waals surface area contributed by atoms with E-state index in [1.807, 2.05) is 0 Å². The largest absolute Gasteiger partial charge is 0.471 e. The zero-order chi connectivity index (χ0) is 15.6. The molecule has 0 saturated carbocycles. The van der Waals surface area contributed by atoms with Gasteiger partial charge in [0.05, 0.1) is 6.54 Å². The van der Waals surface area contributed by atoms with Crippen molar-refractivity contribution in [3.63, 3.8) is 0 Å². The molecular formula is C11H9ClF3N5O. The predicted molar refractivity (Wildman–Crippen MR) is 67.8 cm³/mol. The monoisotopic (exact) mass is 319 g/mol. The molecule has 0 aliphatic rings. The predicted octanol–water partition coefficient (Wildman–Crippen LogP) is 2.18. The summed E-state index contributed by atoms with van der Waals surface area (Å²) in [7, 11) is 0. The molecule has 10 heteroatoms. The number of rotatable bonds is 3. The second-order valence-electron chi connectivity index (χ2n) is 4.08. The van der Waals surface area contributed by atoms with Gasteiger partial charge in [-0.15, -0.1) is 0 Å². The van der Waals surface area contributed by atoms with Gasteiger partial charge in [0, 0.05) is 6.20 Å². The van der Waals surface area contributed by atoms with Crippen LogP contribution in [0.1, 0.15) is 11.4 Å². The summed E-state index contributed by atoms with van der Waals surface area (Å²) >= 11 is 5.64. The molecule has 0 saturated heterocycles. The van der Waals surface area contributed by atoms with E-state index in [9.17, 15) is 18.0 Å². The minimum Gasteiger partial charge on any atom is -0.287 e.